The molecule has 0 aromatic carbocycles. The maximum atomic E-state index is 11.7. The van der Waals surface area contributed by atoms with Gasteiger partial charge in [0.1, 0.15) is 16.5 Å². The summed E-state index contributed by atoms with van der Waals surface area (Å²) in [6.45, 7) is 5.66. The second-order valence-electron chi connectivity index (χ2n) is 3.83. The monoisotopic (exact) mass is 272 g/mol. The lowest BCUT2D eigenvalue weighted by molar-refractivity contribution is 0.0317. The highest BCUT2D eigenvalue weighted by Gasteiger charge is 2.15. The Morgan fingerprint density at radius 1 is 1.39 bits per heavy atom. The van der Waals surface area contributed by atoms with Gasteiger partial charge in [0.15, 0.2) is 0 Å². The van der Waals surface area contributed by atoms with E-state index >= 15 is 0 Å². The van der Waals surface area contributed by atoms with Crippen LogP contribution in [0.3, 0.4) is 0 Å². The van der Waals surface area contributed by atoms with Crippen LogP contribution in [0, 0.1) is 6.92 Å². The lowest BCUT2D eigenvalue weighted by Crippen LogP contribution is -2.11. The number of aryl methyl sites for hydroxylation is 1. The fraction of sp³-hybridized carbons (Fsp3) is 0.667. The molecule has 6 heteroatoms. The zero-order chi connectivity index (χ0) is 13.4. The van der Waals surface area contributed by atoms with E-state index in [2.05, 4.69) is 11.9 Å². The minimum atomic E-state index is -0.344. The quantitative estimate of drug-likeness (QED) is 0.577. The third-order valence-corrected chi connectivity index (χ3v) is 3.46. The second kappa shape index (κ2) is 8.18. The highest BCUT2D eigenvalue weighted by atomic mass is 32.1. The minimum absolute atomic E-state index is 0.276. The van der Waals surface area contributed by atoms with E-state index in [4.69, 9.17) is 15.2 Å². The maximum Gasteiger partial charge on any atom is 0.350 e. The number of rotatable bonds is 8. The summed E-state index contributed by atoms with van der Waals surface area (Å²) in [4.78, 5) is 16.4. The van der Waals surface area contributed by atoms with Gasteiger partial charge >= 0.3 is 5.97 Å². The van der Waals surface area contributed by atoms with Gasteiger partial charge in [0, 0.05) is 13.2 Å². The predicted molar refractivity (Wildman–Crippen MR) is 70.8 cm³/mol. The number of hydrogen-bond acceptors (Lipinski definition) is 6. The molecule has 0 aliphatic carbocycles. The molecule has 1 rings (SSSR count). The van der Waals surface area contributed by atoms with Crippen LogP contribution >= 0.6 is 11.3 Å². The summed E-state index contributed by atoms with van der Waals surface area (Å²) in [5, 5.41) is 0.749. The first kappa shape index (κ1) is 15.1. The van der Waals surface area contributed by atoms with Crippen LogP contribution in [0.15, 0.2) is 0 Å². The summed E-state index contributed by atoms with van der Waals surface area (Å²) in [5.41, 5.74) is 6.15. The number of esters is 1. The molecule has 1 aromatic heterocycles. The van der Waals surface area contributed by atoms with Gasteiger partial charge in [-0.3, -0.25) is 0 Å². The van der Waals surface area contributed by atoms with E-state index < -0.39 is 0 Å². The van der Waals surface area contributed by atoms with Gasteiger partial charge in [0.2, 0.25) is 0 Å². The molecule has 0 saturated heterocycles. The molecule has 0 saturated carbocycles. The smallest absolute Gasteiger partial charge is 0.350 e. The topological polar surface area (TPSA) is 74.4 Å². The van der Waals surface area contributed by atoms with Gasteiger partial charge in [0.25, 0.3) is 0 Å². The molecule has 0 spiro atoms. The van der Waals surface area contributed by atoms with E-state index in [-0.39, 0.29) is 12.6 Å². The molecule has 0 atom stereocenters. The van der Waals surface area contributed by atoms with Crippen molar-refractivity contribution in [3.8, 4) is 0 Å². The lowest BCUT2D eigenvalue weighted by Gasteiger charge is -2.04. The number of ether oxygens (including phenoxy) is 2. The number of unbranched alkanes of at least 4 members (excludes halogenated alkanes) is 1. The van der Waals surface area contributed by atoms with Crippen LogP contribution in [-0.4, -0.2) is 30.8 Å². The van der Waals surface area contributed by atoms with Crippen molar-refractivity contribution in [2.45, 2.75) is 33.2 Å². The van der Waals surface area contributed by atoms with Crippen LogP contribution < -0.4 is 5.73 Å². The third kappa shape index (κ3) is 4.72. The number of carbonyl (C=O) groups is 1. The molecular weight excluding hydrogens is 252 g/mol. The average Bonchev–Trinajstić information content (AvgIpc) is 2.75. The Labute approximate surface area is 111 Å². The Morgan fingerprint density at radius 2 is 2.17 bits per heavy atom. The van der Waals surface area contributed by atoms with E-state index in [1.807, 2.05) is 0 Å². The van der Waals surface area contributed by atoms with E-state index in [1.54, 1.807) is 6.92 Å². The average molecular weight is 272 g/mol. The van der Waals surface area contributed by atoms with Gasteiger partial charge in [-0.25, -0.2) is 9.78 Å². The summed E-state index contributed by atoms with van der Waals surface area (Å²) in [5.74, 6) is -0.344. The van der Waals surface area contributed by atoms with Crippen LogP contribution in [-0.2, 0) is 16.0 Å². The maximum absolute atomic E-state index is 11.7. The Hall–Kier alpha value is -0.980. The minimum Gasteiger partial charge on any atom is -0.459 e. The van der Waals surface area contributed by atoms with Gasteiger partial charge in [-0.15, -0.1) is 11.3 Å². The van der Waals surface area contributed by atoms with Gasteiger partial charge in [-0.1, -0.05) is 13.3 Å². The van der Waals surface area contributed by atoms with Crippen molar-refractivity contribution in [3.05, 3.63) is 15.6 Å². The molecule has 102 valence electrons. The summed E-state index contributed by atoms with van der Waals surface area (Å²) in [6, 6.07) is 0. The van der Waals surface area contributed by atoms with Crippen molar-refractivity contribution in [1.82, 2.24) is 4.98 Å². The predicted octanol–water partition coefficient (Wildman–Crippen LogP) is 1.88. The van der Waals surface area contributed by atoms with Crippen molar-refractivity contribution in [1.29, 1.82) is 0 Å². The normalized spacial score (nSPS) is 10.6. The fourth-order valence-corrected chi connectivity index (χ4v) is 2.17. The van der Waals surface area contributed by atoms with Crippen molar-refractivity contribution < 1.29 is 14.3 Å². The highest BCUT2D eigenvalue weighted by molar-refractivity contribution is 7.13. The summed E-state index contributed by atoms with van der Waals surface area (Å²) in [7, 11) is 0. The van der Waals surface area contributed by atoms with Crippen LogP contribution in [0.25, 0.3) is 0 Å². The molecule has 0 aliphatic rings. The summed E-state index contributed by atoms with van der Waals surface area (Å²) >= 11 is 1.29. The van der Waals surface area contributed by atoms with Crippen LogP contribution in [0.4, 0.5) is 0 Å². The molecule has 1 heterocycles. The largest absolute Gasteiger partial charge is 0.459 e. The first-order chi connectivity index (χ1) is 8.69. The molecule has 0 aliphatic heterocycles. The van der Waals surface area contributed by atoms with E-state index in [0.717, 1.165) is 17.8 Å². The molecule has 0 radical (unpaired) electrons. The van der Waals surface area contributed by atoms with Crippen LogP contribution in [0.1, 0.15) is 40.1 Å². The molecular formula is C12H20N2O3S. The standard InChI is InChI=1S/C12H20N2O3S/c1-3-4-5-16-6-7-17-12(15)11-9(2)14-10(8-13)18-11/h3-8,13H2,1-2H3. The Kier molecular flexibility index (Phi) is 6.85. The van der Waals surface area contributed by atoms with Crippen LogP contribution in [0.5, 0.6) is 0 Å². The van der Waals surface area contributed by atoms with Gasteiger partial charge in [0.05, 0.1) is 12.3 Å². The van der Waals surface area contributed by atoms with Crippen LogP contribution in [0.2, 0.25) is 0 Å². The van der Waals surface area contributed by atoms with E-state index in [0.29, 0.717) is 30.3 Å². The van der Waals surface area contributed by atoms with Gasteiger partial charge in [-0.2, -0.15) is 0 Å². The zero-order valence-corrected chi connectivity index (χ0v) is 11.7. The number of nitrogens with zero attached hydrogens (tertiary/aromatic N) is 1. The lowest BCUT2D eigenvalue weighted by atomic mass is 10.4. The van der Waals surface area contributed by atoms with Crippen molar-refractivity contribution in [2.75, 3.05) is 19.8 Å². The number of aromatic nitrogens is 1. The third-order valence-electron chi connectivity index (χ3n) is 2.30. The molecule has 0 amide bonds. The molecule has 2 N–H and O–H groups in total. The zero-order valence-electron chi connectivity index (χ0n) is 10.9. The van der Waals surface area contributed by atoms with Crippen molar-refractivity contribution in [2.24, 2.45) is 5.73 Å². The molecule has 1 aromatic rings. The summed E-state index contributed by atoms with van der Waals surface area (Å²) in [6.07, 6.45) is 2.13. The van der Waals surface area contributed by atoms with Crippen molar-refractivity contribution in [3.63, 3.8) is 0 Å². The Bertz CT molecular complexity index is 379. The number of thiazole rings is 1. The molecule has 0 unspecified atom stereocenters. The van der Waals surface area contributed by atoms with Gasteiger partial charge < -0.3 is 15.2 Å². The molecule has 5 nitrogen and oxygen atoms in total. The van der Waals surface area contributed by atoms with E-state index in [1.165, 1.54) is 11.3 Å². The number of carbonyl (C=O) groups excluding carboxylic acids is 1. The molecule has 0 bridgehead atoms. The highest BCUT2D eigenvalue weighted by Crippen LogP contribution is 2.18. The molecule has 0 fully saturated rings. The first-order valence-electron chi connectivity index (χ1n) is 6.10. The Morgan fingerprint density at radius 3 is 2.78 bits per heavy atom. The molecule has 18 heavy (non-hydrogen) atoms. The van der Waals surface area contributed by atoms with E-state index in [9.17, 15) is 4.79 Å². The summed E-state index contributed by atoms with van der Waals surface area (Å²) < 4.78 is 10.4. The number of hydrogen-bond donors (Lipinski definition) is 1. The Balaban J connectivity index is 2.29. The SMILES string of the molecule is CCCCOCCOC(=O)c1sc(CN)nc1C. The number of nitrogens with two attached hydrogens (primary N) is 1. The van der Waals surface area contributed by atoms with Gasteiger partial charge in [-0.05, 0) is 13.3 Å². The second-order valence-corrected chi connectivity index (χ2v) is 4.91. The van der Waals surface area contributed by atoms with Crippen molar-refractivity contribution >= 4 is 17.3 Å². The fourth-order valence-electron chi connectivity index (χ4n) is 1.34. The first-order valence-corrected chi connectivity index (χ1v) is 6.92.